The topological polar surface area (TPSA) is 93.5 Å². The molecule has 0 amide bonds. The Hall–Kier alpha value is -3.22. The number of H-pyrrole nitrogens is 1. The summed E-state index contributed by atoms with van der Waals surface area (Å²) >= 11 is 0. The number of nitrogens with zero attached hydrogens (tertiary/aromatic N) is 2. The highest BCUT2D eigenvalue weighted by Crippen LogP contribution is 2.35. The van der Waals surface area contributed by atoms with E-state index in [-0.39, 0.29) is 5.56 Å². The summed E-state index contributed by atoms with van der Waals surface area (Å²) in [6, 6.07) is 7.69. The fraction of sp³-hybridized carbons (Fsp3) is 0.300. The maximum Gasteiger partial charge on any atom is 0.260 e. The van der Waals surface area contributed by atoms with Gasteiger partial charge in [0.1, 0.15) is 0 Å². The molecule has 7 heteroatoms. The minimum Gasteiger partial charge on any atom is -0.493 e. The Morgan fingerprint density at radius 2 is 2.07 bits per heavy atom. The Labute approximate surface area is 156 Å². The molecular weight excluding hydrogens is 344 g/mol. The summed E-state index contributed by atoms with van der Waals surface area (Å²) in [6.45, 7) is 3.23. The summed E-state index contributed by atoms with van der Waals surface area (Å²) in [7, 11) is 3.13. The van der Waals surface area contributed by atoms with Gasteiger partial charge in [-0.25, -0.2) is 4.98 Å². The van der Waals surface area contributed by atoms with E-state index in [1.54, 1.807) is 20.3 Å². The van der Waals surface area contributed by atoms with Gasteiger partial charge in [0.2, 0.25) is 5.95 Å². The van der Waals surface area contributed by atoms with Gasteiger partial charge in [-0.1, -0.05) is 12.1 Å². The molecule has 0 aliphatic carbocycles. The molecule has 0 bridgehead atoms. The maximum atomic E-state index is 12.8. The van der Waals surface area contributed by atoms with Gasteiger partial charge in [0.25, 0.3) is 5.56 Å². The number of fused-ring (bicyclic) bond motifs is 2. The molecule has 3 N–H and O–H groups in total. The number of hydrogen-bond acceptors (Lipinski definition) is 6. The molecule has 27 heavy (non-hydrogen) atoms. The number of aromatic nitrogens is 2. The third-order valence-corrected chi connectivity index (χ3v) is 5.17. The number of rotatable bonds is 3. The van der Waals surface area contributed by atoms with E-state index in [1.165, 1.54) is 5.56 Å². The molecule has 1 aliphatic rings. The highest BCUT2D eigenvalue weighted by atomic mass is 16.5. The van der Waals surface area contributed by atoms with Crippen LogP contribution in [0.2, 0.25) is 0 Å². The van der Waals surface area contributed by atoms with E-state index >= 15 is 0 Å². The fourth-order valence-corrected chi connectivity index (χ4v) is 3.81. The van der Waals surface area contributed by atoms with Crippen molar-refractivity contribution in [3.8, 4) is 11.5 Å². The zero-order chi connectivity index (χ0) is 19.1. The lowest BCUT2D eigenvalue weighted by Gasteiger charge is -2.30. The number of hydrogen-bond donors (Lipinski definition) is 2. The molecule has 2 aromatic carbocycles. The van der Waals surface area contributed by atoms with Gasteiger partial charge in [-0.3, -0.25) is 9.78 Å². The highest BCUT2D eigenvalue weighted by Gasteiger charge is 2.22. The molecule has 0 saturated carbocycles. The smallest absolute Gasteiger partial charge is 0.260 e. The third-order valence-electron chi connectivity index (χ3n) is 5.17. The van der Waals surface area contributed by atoms with Crippen LogP contribution in [-0.2, 0) is 13.0 Å². The zero-order valence-electron chi connectivity index (χ0n) is 15.6. The van der Waals surface area contributed by atoms with Gasteiger partial charge in [-0.2, -0.15) is 0 Å². The average Bonchev–Trinajstić information content (AvgIpc) is 2.67. The standard InChI is InChI=1S/C20H22N4O3/c1-11-17-15(9-16(26-2)18(11)27-3)22-20(23-19(17)25)24-8-7-13-12(10-24)5-4-6-14(13)21/h4-6,9H,7-8,10,21H2,1-3H3,(H,22,23,25). The molecule has 4 rings (SSSR count). The lowest BCUT2D eigenvalue weighted by Crippen LogP contribution is -2.33. The van der Waals surface area contributed by atoms with Gasteiger partial charge >= 0.3 is 0 Å². The van der Waals surface area contributed by atoms with Crippen molar-refractivity contribution in [3.05, 3.63) is 51.3 Å². The molecular formula is C20H22N4O3. The third kappa shape index (κ3) is 2.75. The van der Waals surface area contributed by atoms with Crippen molar-refractivity contribution in [2.24, 2.45) is 0 Å². The van der Waals surface area contributed by atoms with Crippen LogP contribution in [0.1, 0.15) is 16.7 Å². The molecule has 0 radical (unpaired) electrons. The molecule has 0 fully saturated rings. The van der Waals surface area contributed by atoms with Crippen molar-refractivity contribution in [2.75, 3.05) is 31.4 Å². The van der Waals surface area contributed by atoms with E-state index < -0.39 is 0 Å². The summed E-state index contributed by atoms with van der Waals surface area (Å²) in [6.07, 6.45) is 0.814. The molecule has 0 spiro atoms. The number of anilines is 2. The van der Waals surface area contributed by atoms with Crippen LogP contribution in [0.15, 0.2) is 29.1 Å². The normalized spacial score (nSPS) is 13.5. The number of nitrogen functional groups attached to an aromatic ring is 1. The summed E-state index contributed by atoms with van der Waals surface area (Å²) in [4.78, 5) is 22.5. The quantitative estimate of drug-likeness (QED) is 0.692. The Balaban J connectivity index is 1.81. The first-order valence-electron chi connectivity index (χ1n) is 8.80. The first-order valence-corrected chi connectivity index (χ1v) is 8.80. The minimum atomic E-state index is -0.188. The van der Waals surface area contributed by atoms with Crippen molar-refractivity contribution < 1.29 is 9.47 Å². The van der Waals surface area contributed by atoms with E-state index in [0.29, 0.717) is 40.5 Å². The lowest BCUT2D eigenvalue weighted by molar-refractivity contribution is 0.354. The molecule has 2 heterocycles. The van der Waals surface area contributed by atoms with E-state index in [0.717, 1.165) is 24.2 Å². The molecule has 7 nitrogen and oxygen atoms in total. The van der Waals surface area contributed by atoms with Crippen molar-refractivity contribution in [1.82, 2.24) is 9.97 Å². The molecule has 0 atom stereocenters. The van der Waals surface area contributed by atoms with Crippen LogP contribution in [0, 0.1) is 6.92 Å². The molecule has 140 valence electrons. The molecule has 1 aliphatic heterocycles. The van der Waals surface area contributed by atoms with E-state index in [9.17, 15) is 4.79 Å². The Bertz CT molecular complexity index is 1090. The summed E-state index contributed by atoms with van der Waals surface area (Å²) < 4.78 is 10.8. The largest absolute Gasteiger partial charge is 0.493 e. The van der Waals surface area contributed by atoms with Crippen molar-refractivity contribution >= 4 is 22.5 Å². The average molecular weight is 366 g/mol. The predicted octanol–water partition coefficient (Wildman–Crippen LogP) is 2.39. The number of nitrogens with two attached hydrogens (primary N) is 1. The summed E-state index contributed by atoms with van der Waals surface area (Å²) in [5, 5.41) is 0.512. The number of aryl methyl sites for hydroxylation is 1. The van der Waals surface area contributed by atoms with Crippen LogP contribution in [0.3, 0.4) is 0 Å². The maximum absolute atomic E-state index is 12.8. The molecule has 0 unspecified atom stereocenters. The van der Waals surface area contributed by atoms with Crippen LogP contribution in [0.5, 0.6) is 11.5 Å². The number of methoxy groups -OCH3 is 2. The number of benzene rings is 2. The fourth-order valence-electron chi connectivity index (χ4n) is 3.81. The van der Waals surface area contributed by atoms with Crippen molar-refractivity contribution in [3.63, 3.8) is 0 Å². The van der Waals surface area contributed by atoms with Crippen LogP contribution in [-0.4, -0.2) is 30.7 Å². The number of nitrogens with one attached hydrogen (secondary N) is 1. The SMILES string of the molecule is COc1cc2nc(N3CCc4c(N)cccc4C3)[nH]c(=O)c2c(C)c1OC. The van der Waals surface area contributed by atoms with Gasteiger partial charge < -0.3 is 20.1 Å². The van der Waals surface area contributed by atoms with Gasteiger partial charge in [0.15, 0.2) is 11.5 Å². The lowest BCUT2D eigenvalue weighted by atomic mass is 9.98. The predicted molar refractivity (Wildman–Crippen MR) is 106 cm³/mol. The molecule has 1 aromatic heterocycles. The van der Waals surface area contributed by atoms with Gasteiger partial charge in [-0.15, -0.1) is 0 Å². The van der Waals surface area contributed by atoms with Crippen molar-refractivity contribution in [1.29, 1.82) is 0 Å². The Morgan fingerprint density at radius 3 is 2.81 bits per heavy atom. The second kappa shape index (κ2) is 6.50. The minimum absolute atomic E-state index is 0.188. The first kappa shape index (κ1) is 17.2. The van der Waals surface area contributed by atoms with Crippen LogP contribution in [0.4, 0.5) is 11.6 Å². The Morgan fingerprint density at radius 1 is 1.26 bits per heavy atom. The second-order valence-electron chi connectivity index (χ2n) is 6.68. The monoisotopic (exact) mass is 366 g/mol. The first-order chi connectivity index (χ1) is 13.0. The van der Waals surface area contributed by atoms with Crippen LogP contribution >= 0.6 is 0 Å². The number of ether oxygens (including phenoxy) is 2. The summed E-state index contributed by atoms with van der Waals surface area (Å²) in [5.74, 6) is 1.66. The van der Waals surface area contributed by atoms with Gasteiger partial charge in [-0.05, 0) is 30.5 Å². The molecule has 0 saturated heterocycles. The number of aromatic amines is 1. The van der Waals surface area contributed by atoms with E-state index in [2.05, 4.69) is 16.0 Å². The van der Waals surface area contributed by atoms with Crippen LogP contribution in [0.25, 0.3) is 10.9 Å². The molecule has 3 aromatic rings. The van der Waals surface area contributed by atoms with E-state index in [1.807, 2.05) is 19.1 Å². The summed E-state index contributed by atoms with van der Waals surface area (Å²) in [5.41, 5.74) is 10.3. The van der Waals surface area contributed by atoms with Crippen LogP contribution < -0.4 is 25.7 Å². The highest BCUT2D eigenvalue weighted by molar-refractivity contribution is 5.86. The van der Waals surface area contributed by atoms with Gasteiger partial charge in [0.05, 0.1) is 25.1 Å². The second-order valence-corrected chi connectivity index (χ2v) is 6.68. The van der Waals surface area contributed by atoms with E-state index in [4.69, 9.17) is 20.2 Å². The van der Waals surface area contributed by atoms with Crippen molar-refractivity contribution in [2.45, 2.75) is 19.9 Å². The zero-order valence-corrected chi connectivity index (χ0v) is 15.6. The van der Waals surface area contributed by atoms with Gasteiger partial charge in [0, 0.05) is 30.4 Å². The Kier molecular flexibility index (Phi) is 4.14.